The first-order valence-corrected chi connectivity index (χ1v) is 7.86. The molecule has 106 valence electrons. The maximum absolute atomic E-state index is 12.7. The molecule has 0 atom stereocenters. The van der Waals surface area contributed by atoms with E-state index < -0.39 is 10.0 Å². The van der Waals surface area contributed by atoms with Gasteiger partial charge in [0.05, 0.1) is 4.90 Å². The molecule has 0 saturated heterocycles. The molecule has 1 rings (SSSR count). The summed E-state index contributed by atoms with van der Waals surface area (Å²) >= 11 is 0. The molecule has 0 amide bonds. The molecular weight excluding hydrogens is 258 g/mol. The van der Waals surface area contributed by atoms with Crippen molar-refractivity contribution in [3.8, 4) is 0 Å². The summed E-state index contributed by atoms with van der Waals surface area (Å²) in [6, 6.07) is 3.82. The van der Waals surface area contributed by atoms with Crippen LogP contribution in [0.5, 0.6) is 0 Å². The number of likely N-dealkylation sites (N-methyl/N-ethyl adjacent to an activating group) is 1. The zero-order valence-electron chi connectivity index (χ0n) is 12.4. The first kappa shape index (κ1) is 15.9. The van der Waals surface area contributed by atoms with E-state index in [-0.39, 0.29) is 0 Å². The van der Waals surface area contributed by atoms with Crippen LogP contribution >= 0.6 is 0 Å². The molecule has 0 spiro atoms. The largest absolute Gasteiger partial charge is 0.243 e. The molecule has 4 heteroatoms. The van der Waals surface area contributed by atoms with Gasteiger partial charge in [0.2, 0.25) is 10.0 Å². The molecule has 0 aliphatic carbocycles. The highest BCUT2D eigenvalue weighted by Gasteiger charge is 2.26. The lowest BCUT2D eigenvalue weighted by Crippen LogP contribution is -2.33. The fraction of sp³-hybridized carbons (Fsp3) is 0.467. The average molecular weight is 281 g/mol. The number of hydrogen-bond donors (Lipinski definition) is 0. The highest BCUT2D eigenvalue weighted by atomic mass is 32.2. The molecule has 19 heavy (non-hydrogen) atoms. The molecule has 0 N–H and O–H groups in total. The normalized spacial score (nSPS) is 11.9. The van der Waals surface area contributed by atoms with Crippen molar-refractivity contribution in [3.05, 3.63) is 41.0 Å². The van der Waals surface area contributed by atoms with Crippen LogP contribution in [-0.2, 0) is 10.0 Å². The highest BCUT2D eigenvalue weighted by molar-refractivity contribution is 7.89. The maximum Gasteiger partial charge on any atom is 0.243 e. The Balaban J connectivity index is 3.38. The van der Waals surface area contributed by atoms with Gasteiger partial charge in [-0.1, -0.05) is 36.8 Å². The fourth-order valence-electron chi connectivity index (χ4n) is 2.37. The quantitative estimate of drug-likeness (QED) is 0.777. The minimum absolute atomic E-state index is 0.367. The maximum atomic E-state index is 12.7. The third-order valence-corrected chi connectivity index (χ3v) is 5.23. The van der Waals surface area contributed by atoms with Crippen LogP contribution in [0.1, 0.15) is 30.5 Å². The van der Waals surface area contributed by atoms with Gasteiger partial charge in [-0.3, -0.25) is 0 Å². The van der Waals surface area contributed by atoms with Crippen LogP contribution in [0, 0.1) is 20.8 Å². The van der Waals surface area contributed by atoms with Crippen molar-refractivity contribution in [2.75, 3.05) is 13.1 Å². The molecule has 1 aromatic rings. The molecule has 1 aromatic carbocycles. The number of rotatable bonds is 5. The van der Waals surface area contributed by atoms with Crippen LogP contribution < -0.4 is 0 Å². The molecular formula is C15H23NO2S. The number of nitrogens with zero attached hydrogens (tertiary/aromatic N) is 1. The second kappa shape index (κ2) is 5.88. The van der Waals surface area contributed by atoms with Crippen LogP contribution in [-0.4, -0.2) is 25.8 Å². The van der Waals surface area contributed by atoms with Crippen molar-refractivity contribution in [1.82, 2.24) is 4.31 Å². The van der Waals surface area contributed by atoms with Crippen LogP contribution in [0.3, 0.4) is 0 Å². The lowest BCUT2D eigenvalue weighted by atomic mass is 10.1. The van der Waals surface area contributed by atoms with E-state index >= 15 is 0 Å². The van der Waals surface area contributed by atoms with Gasteiger partial charge < -0.3 is 0 Å². The van der Waals surface area contributed by atoms with Gasteiger partial charge in [0, 0.05) is 13.1 Å². The number of sulfonamides is 1. The standard InChI is InChI=1S/C15H23NO2S/c1-7-16(10-11(2)3)19(17,18)15-13(5)8-12(4)9-14(15)6/h8-9H,2,7,10H2,1,3-6H3. The smallest absolute Gasteiger partial charge is 0.207 e. The van der Waals surface area contributed by atoms with Gasteiger partial charge in [-0.15, -0.1) is 0 Å². The van der Waals surface area contributed by atoms with E-state index in [2.05, 4.69) is 6.58 Å². The lowest BCUT2D eigenvalue weighted by molar-refractivity contribution is 0.452. The van der Waals surface area contributed by atoms with Crippen molar-refractivity contribution in [3.63, 3.8) is 0 Å². The zero-order chi connectivity index (χ0) is 14.8. The van der Waals surface area contributed by atoms with Gasteiger partial charge >= 0.3 is 0 Å². The third-order valence-electron chi connectivity index (χ3n) is 3.00. The lowest BCUT2D eigenvalue weighted by Gasteiger charge is -2.23. The van der Waals surface area contributed by atoms with E-state index in [0.29, 0.717) is 18.0 Å². The van der Waals surface area contributed by atoms with Crippen molar-refractivity contribution in [1.29, 1.82) is 0 Å². The Morgan fingerprint density at radius 2 is 1.68 bits per heavy atom. The summed E-state index contributed by atoms with van der Waals surface area (Å²) in [7, 11) is -3.45. The molecule has 0 heterocycles. The zero-order valence-corrected chi connectivity index (χ0v) is 13.3. The molecule has 3 nitrogen and oxygen atoms in total. The van der Waals surface area contributed by atoms with E-state index in [4.69, 9.17) is 0 Å². The predicted molar refractivity (Wildman–Crippen MR) is 79.9 cm³/mol. The topological polar surface area (TPSA) is 37.4 Å². The Bertz CT molecular complexity index is 565. The molecule has 0 fully saturated rings. The summed E-state index contributed by atoms with van der Waals surface area (Å²) in [6.45, 7) is 14.0. The summed E-state index contributed by atoms with van der Waals surface area (Å²) in [5.74, 6) is 0. The van der Waals surface area contributed by atoms with Crippen molar-refractivity contribution in [2.45, 2.75) is 39.5 Å². The minimum Gasteiger partial charge on any atom is -0.207 e. The monoisotopic (exact) mass is 281 g/mol. The van der Waals surface area contributed by atoms with Crippen LogP contribution in [0.15, 0.2) is 29.2 Å². The number of aryl methyl sites for hydroxylation is 3. The Kier molecular flexibility index (Phi) is 4.93. The minimum atomic E-state index is -3.45. The van der Waals surface area contributed by atoms with Crippen LogP contribution in [0.4, 0.5) is 0 Å². The van der Waals surface area contributed by atoms with Crippen molar-refractivity contribution < 1.29 is 8.42 Å². The molecule has 0 aromatic heterocycles. The Hall–Kier alpha value is -1.13. The van der Waals surface area contributed by atoms with Crippen LogP contribution in [0.2, 0.25) is 0 Å². The van der Waals surface area contributed by atoms with E-state index in [1.165, 1.54) is 4.31 Å². The summed E-state index contributed by atoms with van der Waals surface area (Å²) in [6.07, 6.45) is 0. The SMILES string of the molecule is C=C(C)CN(CC)S(=O)(=O)c1c(C)cc(C)cc1C. The Labute approximate surface area is 117 Å². The Morgan fingerprint density at radius 1 is 1.21 bits per heavy atom. The predicted octanol–water partition coefficient (Wildman–Crippen LogP) is 3.20. The molecule has 0 aliphatic heterocycles. The molecule has 0 radical (unpaired) electrons. The second-order valence-electron chi connectivity index (χ2n) is 5.12. The van der Waals surface area contributed by atoms with Crippen molar-refractivity contribution in [2.24, 2.45) is 0 Å². The number of benzene rings is 1. The van der Waals surface area contributed by atoms with Gasteiger partial charge in [-0.05, 0) is 38.8 Å². The van der Waals surface area contributed by atoms with Crippen LogP contribution in [0.25, 0.3) is 0 Å². The van der Waals surface area contributed by atoms with Gasteiger partial charge in [0.25, 0.3) is 0 Å². The highest BCUT2D eigenvalue weighted by Crippen LogP contribution is 2.25. The van der Waals surface area contributed by atoms with E-state index in [9.17, 15) is 8.42 Å². The van der Waals surface area contributed by atoms with Crippen molar-refractivity contribution >= 4 is 10.0 Å². The summed E-state index contributed by atoms with van der Waals surface area (Å²) in [4.78, 5) is 0.432. The Morgan fingerprint density at radius 3 is 2.05 bits per heavy atom. The van der Waals surface area contributed by atoms with Gasteiger partial charge in [-0.2, -0.15) is 4.31 Å². The first-order chi connectivity index (χ1) is 8.70. The van der Waals surface area contributed by atoms with Gasteiger partial charge in [0.1, 0.15) is 0 Å². The van der Waals surface area contributed by atoms with E-state index in [1.54, 1.807) is 0 Å². The third kappa shape index (κ3) is 3.45. The first-order valence-electron chi connectivity index (χ1n) is 6.42. The summed E-state index contributed by atoms with van der Waals surface area (Å²) < 4.78 is 26.9. The fourth-order valence-corrected chi connectivity index (χ4v) is 4.29. The summed E-state index contributed by atoms with van der Waals surface area (Å²) in [5.41, 5.74) is 3.53. The number of hydrogen-bond acceptors (Lipinski definition) is 2. The van der Waals surface area contributed by atoms with Gasteiger partial charge in [-0.25, -0.2) is 8.42 Å². The molecule has 0 unspecified atom stereocenters. The average Bonchev–Trinajstić information content (AvgIpc) is 2.23. The molecule has 0 aliphatic rings. The second-order valence-corrected chi connectivity index (χ2v) is 6.99. The molecule has 0 saturated carbocycles. The molecule has 0 bridgehead atoms. The van der Waals surface area contributed by atoms with E-state index in [0.717, 1.165) is 22.3 Å². The summed E-state index contributed by atoms with van der Waals surface area (Å²) in [5, 5.41) is 0. The van der Waals surface area contributed by atoms with Gasteiger partial charge in [0.15, 0.2) is 0 Å². The van der Waals surface area contributed by atoms with E-state index in [1.807, 2.05) is 46.8 Å².